The molecule has 1 N–H and O–H groups in total. The summed E-state index contributed by atoms with van der Waals surface area (Å²) in [6.07, 6.45) is 3.35. The maximum absolute atomic E-state index is 12.9. The summed E-state index contributed by atoms with van der Waals surface area (Å²) in [5, 5.41) is 2.97. The first-order valence-corrected chi connectivity index (χ1v) is 8.87. The van der Waals surface area contributed by atoms with Crippen molar-refractivity contribution in [3.05, 3.63) is 23.8 Å². The fourth-order valence-electron chi connectivity index (χ4n) is 3.22. The van der Waals surface area contributed by atoms with Crippen molar-refractivity contribution in [1.82, 2.24) is 10.2 Å². The van der Waals surface area contributed by atoms with Gasteiger partial charge in [0.05, 0.1) is 19.8 Å². The first kappa shape index (κ1) is 19.1. The normalized spacial score (nSPS) is 17.1. The Hall–Kier alpha value is -2.24. The van der Waals surface area contributed by atoms with Gasteiger partial charge in [0.1, 0.15) is 0 Å². The highest BCUT2D eigenvalue weighted by atomic mass is 16.5. The van der Waals surface area contributed by atoms with Crippen LogP contribution in [0, 0.1) is 5.92 Å². The molecule has 2 rings (SSSR count). The SMILES string of the molecule is CCCC(=O)NC[C@H]1CCCN(C(=O)c2cccc(OC)c2OC)C1. The molecule has 0 aliphatic carbocycles. The standard InChI is InChI=1S/C19H28N2O4/c1-4-7-17(22)20-12-14-8-6-11-21(13-14)19(23)15-9-5-10-16(24-2)18(15)25-3/h5,9-10,14H,4,6-8,11-13H2,1-3H3,(H,20,22)/t14-/m1/s1. The van der Waals surface area contributed by atoms with Gasteiger partial charge in [-0.1, -0.05) is 13.0 Å². The Labute approximate surface area is 149 Å². The molecule has 0 spiro atoms. The van der Waals surface area contributed by atoms with Gasteiger partial charge < -0.3 is 19.7 Å². The summed E-state index contributed by atoms with van der Waals surface area (Å²) >= 11 is 0. The number of rotatable bonds is 7. The van der Waals surface area contributed by atoms with Crippen molar-refractivity contribution in [1.29, 1.82) is 0 Å². The van der Waals surface area contributed by atoms with E-state index in [0.29, 0.717) is 36.6 Å². The van der Waals surface area contributed by atoms with Gasteiger partial charge in [-0.25, -0.2) is 0 Å². The number of nitrogens with one attached hydrogen (secondary N) is 1. The van der Waals surface area contributed by atoms with E-state index in [-0.39, 0.29) is 17.7 Å². The number of carbonyl (C=O) groups excluding carboxylic acids is 2. The summed E-state index contributed by atoms with van der Waals surface area (Å²) in [5.74, 6) is 1.33. The van der Waals surface area contributed by atoms with Crippen LogP contribution in [0.3, 0.4) is 0 Å². The number of benzene rings is 1. The molecule has 1 heterocycles. The van der Waals surface area contributed by atoms with Crippen LogP contribution in [-0.2, 0) is 4.79 Å². The molecule has 0 unspecified atom stereocenters. The molecule has 6 nitrogen and oxygen atoms in total. The fraction of sp³-hybridized carbons (Fsp3) is 0.579. The number of hydrogen-bond donors (Lipinski definition) is 1. The number of likely N-dealkylation sites (tertiary alicyclic amines) is 1. The van der Waals surface area contributed by atoms with E-state index in [2.05, 4.69) is 5.32 Å². The number of nitrogens with zero attached hydrogens (tertiary/aromatic N) is 1. The first-order chi connectivity index (χ1) is 12.1. The van der Waals surface area contributed by atoms with E-state index >= 15 is 0 Å². The predicted octanol–water partition coefficient (Wildman–Crippen LogP) is 2.47. The van der Waals surface area contributed by atoms with Gasteiger partial charge >= 0.3 is 0 Å². The second-order valence-electron chi connectivity index (χ2n) is 6.35. The Morgan fingerprint density at radius 1 is 1.28 bits per heavy atom. The van der Waals surface area contributed by atoms with E-state index in [1.165, 1.54) is 7.11 Å². The van der Waals surface area contributed by atoms with Crippen LogP contribution >= 0.6 is 0 Å². The highest BCUT2D eigenvalue weighted by molar-refractivity contribution is 5.97. The quantitative estimate of drug-likeness (QED) is 0.822. The number of ether oxygens (including phenoxy) is 2. The molecule has 1 atom stereocenters. The number of para-hydroxylation sites is 1. The molecule has 1 saturated heterocycles. The average Bonchev–Trinajstić information content (AvgIpc) is 2.65. The summed E-state index contributed by atoms with van der Waals surface area (Å²) < 4.78 is 10.7. The van der Waals surface area contributed by atoms with Gasteiger partial charge in [-0.2, -0.15) is 0 Å². The van der Waals surface area contributed by atoms with Crippen LogP contribution in [0.15, 0.2) is 18.2 Å². The second kappa shape index (κ2) is 9.30. The van der Waals surface area contributed by atoms with Gasteiger partial charge in [0, 0.05) is 26.1 Å². The number of piperidine rings is 1. The number of carbonyl (C=O) groups is 2. The van der Waals surface area contributed by atoms with Crippen LogP contribution < -0.4 is 14.8 Å². The fourth-order valence-corrected chi connectivity index (χ4v) is 3.22. The van der Waals surface area contributed by atoms with Gasteiger partial charge in [0.2, 0.25) is 5.91 Å². The summed E-state index contributed by atoms with van der Waals surface area (Å²) in [6.45, 7) is 3.98. The average molecular weight is 348 g/mol. The molecule has 1 aliphatic rings. The zero-order valence-corrected chi connectivity index (χ0v) is 15.3. The zero-order valence-electron chi connectivity index (χ0n) is 15.3. The summed E-state index contributed by atoms with van der Waals surface area (Å²) in [5.41, 5.74) is 0.512. The maximum atomic E-state index is 12.9. The third-order valence-corrected chi connectivity index (χ3v) is 4.50. The van der Waals surface area contributed by atoms with E-state index in [4.69, 9.17) is 9.47 Å². The highest BCUT2D eigenvalue weighted by Crippen LogP contribution is 2.32. The molecule has 6 heteroatoms. The minimum atomic E-state index is -0.0552. The van der Waals surface area contributed by atoms with E-state index in [9.17, 15) is 9.59 Å². The van der Waals surface area contributed by atoms with Gasteiger partial charge in [-0.15, -0.1) is 0 Å². The van der Waals surface area contributed by atoms with Crippen molar-refractivity contribution < 1.29 is 19.1 Å². The molecule has 2 amide bonds. The van der Waals surface area contributed by atoms with E-state index in [1.807, 2.05) is 11.8 Å². The molecule has 0 saturated carbocycles. The van der Waals surface area contributed by atoms with Crippen LogP contribution in [0.4, 0.5) is 0 Å². The van der Waals surface area contributed by atoms with Crippen molar-refractivity contribution in [3.63, 3.8) is 0 Å². The summed E-state index contributed by atoms with van der Waals surface area (Å²) in [4.78, 5) is 26.4. The molecule has 0 bridgehead atoms. The molecule has 0 radical (unpaired) electrons. The largest absolute Gasteiger partial charge is 0.493 e. The molecule has 25 heavy (non-hydrogen) atoms. The molecular weight excluding hydrogens is 320 g/mol. The van der Waals surface area contributed by atoms with Gasteiger partial charge in [-0.3, -0.25) is 9.59 Å². The summed E-state index contributed by atoms with van der Waals surface area (Å²) in [6, 6.07) is 5.33. The maximum Gasteiger partial charge on any atom is 0.257 e. The lowest BCUT2D eigenvalue weighted by molar-refractivity contribution is -0.121. The molecule has 0 aromatic heterocycles. The van der Waals surface area contributed by atoms with E-state index < -0.39 is 0 Å². The highest BCUT2D eigenvalue weighted by Gasteiger charge is 2.27. The molecule has 1 aromatic rings. The second-order valence-corrected chi connectivity index (χ2v) is 6.35. The van der Waals surface area contributed by atoms with Crippen molar-refractivity contribution in [2.45, 2.75) is 32.6 Å². The first-order valence-electron chi connectivity index (χ1n) is 8.87. The number of methoxy groups -OCH3 is 2. The zero-order chi connectivity index (χ0) is 18.2. The van der Waals surface area contributed by atoms with Crippen molar-refractivity contribution in [3.8, 4) is 11.5 Å². The molecule has 1 aliphatic heterocycles. The Morgan fingerprint density at radius 3 is 2.76 bits per heavy atom. The third-order valence-electron chi connectivity index (χ3n) is 4.50. The minimum absolute atomic E-state index is 0.0552. The predicted molar refractivity (Wildman–Crippen MR) is 96.1 cm³/mol. The molecule has 1 aromatic carbocycles. The lowest BCUT2D eigenvalue weighted by Crippen LogP contribution is -2.43. The van der Waals surface area contributed by atoms with Crippen LogP contribution in [0.5, 0.6) is 11.5 Å². The lowest BCUT2D eigenvalue weighted by Gasteiger charge is -2.33. The molecule has 138 valence electrons. The number of amides is 2. The van der Waals surface area contributed by atoms with Crippen LogP contribution in [0.25, 0.3) is 0 Å². The topological polar surface area (TPSA) is 67.9 Å². The molecular formula is C19H28N2O4. The Bertz CT molecular complexity index is 603. The van der Waals surface area contributed by atoms with Crippen LogP contribution in [-0.4, -0.2) is 50.6 Å². The number of hydrogen-bond acceptors (Lipinski definition) is 4. The summed E-state index contributed by atoms with van der Waals surface area (Å²) in [7, 11) is 3.10. The van der Waals surface area contributed by atoms with Crippen LogP contribution in [0.2, 0.25) is 0 Å². The molecule has 1 fully saturated rings. The Balaban J connectivity index is 2.03. The smallest absolute Gasteiger partial charge is 0.257 e. The lowest BCUT2D eigenvalue weighted by atomic mass is 9.97. The van der Waals surface area contributed by atoms with Crippen molar-refractivity contribution >= 4 is 11.8 Å². The van der Waals surface area contributed by atoms with Gasteiger partial charge in [0.25, 0.3) is 5.91 Å². The van der Waals surface area contributed by atoms with Crippen molar-refractivity contribution in [2.75, 3.05) is 33.9 Å². The monoisotopic (exact) mass is 348 g/mol. The van der Waals surface area contributed by atoms with Crippen LogP contribution in [0.1, 0.15) is 43.0 Å². The Kier molecular flexibility index (Phi) is 7.10. The van der Waals surface area contributed by atoms with E-state index in [0.717, 1.165) is 25.8 Å². The minimum Gasteiger partial charge on any atom is -0.493 e. The van der Waals surface area contributed by atoms with E-state index in [1.54, 1.807) is 25.3 Å². The van der Waals surface area contributed by atoms with Gasteiger partial charge in [-0.05, 0) is 37.3 Å². The Morgan fingerprint density at radius 2 is 2.08 bits per heavy atom. The van der Waals surface area contributed by atoms with Gasteiger partial charge in [0.15, 0.2) is 11.5 Å². The van der Waals surface area contributed by atoms with Crippen molar-refractivity contribution in [2.24, 2.45) is 5.92 Å². The third kappa shape index (κ3) is 4.87.